The van der Waals surface area contributed by atoms with E-state index < -0.39 is 26.0 Å². The molecule has 0 saturated carbocycles. The molecule has 0 radical (unpaired) electrons. The van der Waals surface area contributed by atoms with Gasteiger partial charge in [-0.2, -0.15) is 0 Å². The maximum Gasteiger partial charge on any atom is 0.261 e. The first-order valence-corrected chi connectivity index (χ1v) is 14.7. The minimum atomic E-state index is -3.83. The fourth-order valence-corrected chi connectivity index (χ4v) is 5.79. The quantitative estimate of drug-likeness (QED) is 0.243. The van der Waals surface area contributed by atoms with E-state index in [1.165, 1.54) is 42.5 Å². The van der Waals surface area contributed by atoms with Crippen LogP contribution in [0.4, 0.5) is 17.1 Å². The van der Waals surface area contributed by atoms with Gasteiger partial charge in [-0.05, 0) is 85.3 Å². The van der Waals surface area contributed by atoms with Crippen LogP contribution in [0, 0.1) is 6.92 Å². The number of carbonyl (C=O) groups is 1. The van der Waals surface area contributed by atoms with Crippen LogP contribution in [0.15, 0.2) is 111 Å². The molecule has 0 aliphatic heterocycles. The molecule has 0 aliphatic carbocycles. The number of benzene rings is 4. The summed E-state index contributed by atoms with van der Waals surface area (Å²) in [6, 6.07) is 25.0. The topological polar surface area (TPSA) is 121 Å². The summed E-state index contributed by atoms with van der Waals surface area (Å²) >= 11 is 3.30. The van der Waals surface area contributed by atoms with E-state index in [1.54, 1.807) is 61.5 Å². The molecule has 11 heteroatoms. The molecule has 4 aromatic rings. The first-order valence-electron chi connectivity index (χ1n) is 10.9. The van der Waals surface area contributed by atoms with Crippen LogP contribution in [0.25, 0.3) is 0 Å². The summed E-state index contributed by atoms with van der Waals surface area (Å²) in [6.07, 6.45) is 0. The minimum Gasteiger partial charge on any atom is -0.322 e. The first-order chi connectivity index (χ1) is 17.5. The molecule has 0 bridgehead atoms. The van der Waals surface area contributed by atoms with E-state index >= 15 is 0 Å². The van der Waals surface area contributed by atoms with Crippen LogP contribution >= 0.6 is 15.9 Å². The third kappa shape index (κ3) is 6.56. The zero-order chi connectivity index (χ0) is 26.6. The van der Waals surface area contributed by atoms with Crippen LogP contribution in [0.1, 0.15) is 15.9 Å². The summed E-state index contributed by atoms with van der Waals surface area (Å²) in [5, 5.41) is 2.70. The Balaban J connectivity index is 1.47. The Labute approximate surface area is 224 Å². The Morgan fingerprint density at radius 2 is 1.24 bits per heavy atom. The molecule has 8 nitrogen and oxygen atoms in total. The zero-order valence-electron chi connectivity index (χ0n) is 19.5. The highest BCUT2D eigenvalue weighted by Gasteiger charge is 2.17. The maximum atomic E-state index is 12.8. The van der Waals surface area contributed by atoms with Crippen molar-refractivity contribution in [2.45, 2.75) is 16.7 Å². The van der Waals surface area contributed by atoms with E-state index in [9.17, 15) is 21.6 Å². The number of carbonyl (C=O) groups excluding carboxylic acids is 1. The van der Waals surface area contributed by atoms with E-state index in [-0.39, 0.29) is 21.0 Å². The average Bonchev–Trinajstić information content (AvgIpc) is 2.87. The monoisotopic (exact) mass is 599 g/mol. The first kappa shape index (κ1) is 26.4. The highest BCUT2D eigenvalue weighted by atomic mass is 79.9. The third-order valence-electron chi connectivity index (χ3n) is 5.32. The summed E-state index contributed by atoms with van der Waals surface area (Å²) in [5.74, 6) is -0.483. The van der Waals surface area contributed by atoms with Gasteiger partial charge in [-0.25, -0.2) is 16.8 Å². The number of anilines is 3. The normalized spacial score (nSPS) is 11.5. The van der Waals surface area contributed by atoms with Crippen molar-refractivity contribution in [1.29, 1.82) is 0 Å². The van der Waals surface area contributed by atoms with Crippen molar-refractivity contribution in [3.8, 4) is 0 Å². The molecular formula is C26H22BrN3O5S2. The van der Waals surface area contributed by atoms with E-state index in [1.807, 2.05) is 0 Å². The molecule has 0 saturated heterocycles. The summed E-state index contributed by atoms with van der Waals surface area (Å²) in [6.45, 7) is 1.73. The molecule has 0 atom stereocenters. The van der Waals surface area contributed by atoms with Gasteiger partial charge in [-0.1, -0.05) is 40.2 Å². The molecule has 0 aromatic heterocycles. The molecule has 4 aromatic carbocycles. The Morgan fingerprint density at radius 3 is 1.89 bits per heavy atom. The number of amides is 1. The number of halogens is 1. The van der Waals surface area contributed by atoms with E-state index in [4.69, 9.17) is 0 Å². The Hall–Kier alpha value is -3.67. The fraction of sp³-hybridized carbons (Fsp3) is 0.0385. The molecule has 1 amide bonds. The SMILES string of the molecule is Cc1ccc(C(=O)Nc2ccc(S(=O)(=O)Nc3ccc(Br)cc3)cc2)cc1NS(=O)(=O)c1ccccc1. The molecule has 4 rings (SSSR count). The second kappa shape index (κ2) is 10.8. The van der Waals surface area contributed by atoms with Crippen LogP contribution < -0.4 is 14.8 Å². The highest BCUT2D eigenvalue weighted by Crippen LogP contribution is 2.23. The molecule has 190 valence electrons. The molecular weight excluding hydrogens is 578 g/mol. The van der Waals surface area contributed by atoms with Gasteiger partial charge in [0.1, 0.15) is 0 Å². The van der Waals surface area contributed by atoms with Crippen molar-refractivity contribution in [1.82, 2.24) is 0 Å². The fourth-order valence-electron chi connectivity index (χ4n) is 3.33. The van der Waals surface area contributed by atoms with Crippen LogP contribution in [-0.2, 0) is 20.0 Å². The Morgan fingerprint density at radius 1 is 0.676 bits per heavy atom. The lowest BCUT2D eigenvalue weighted by atomic mass is 10.1. The number of aryl methyl sites for hydroxylation is 1. The minimum absolute atomic E-state index is 0.0290. The van der Waals surface area contributed by atoms with Gasteiger partial charge in [-0.3, -0.25) is 14.2 Å². The highest BCUT2D eigenvalue weighted by molar-refractivity contribution is 9.10. The van der Waals surface area contributed by atoms with Gasteiger partial charge < -0.3 is 5.32 Å². The number of sulfonamides is 2. The van der Waals surface area contributed by atoms with Crippen LogP contribution in [0.2, 0.25) is 0 Å². The molecule has 0 unspecified atom stereocenters. The number of rotatable bonds is 8. The summed E-state index contributed by atoms with van der Waals surface area (Å²) in [7, 11) is -7.65. The summed E-state index contributed by atoms with van der Waals surface area (Å²) in [5.41, 5.74) is 1.93. The molecule has 37 heavy (non-hydrogen) atoms. The van der Waals surface area contributed by atoms with Crippen molar-refractivity contribution in [2.24, 2.45) is 0 Å². The van der Waals surface area contributed by atoms with Crippen molar-refractivity contribution in [3.05, 3.63) is 113 Å². The van der Waals surface area contributed by atoms with E-state index in [2.05, 4.69) is 30.7 Å². The number of hydrogen-bond acceptors (Lipinski definition) is 5. The van der Waals surface area contributed by atoms with Crippen LogP contribution in [-0.4, -0.2) is 22.7 Å². The van der Waals surface area contributed by atoms with Gasteiger partial charge in [0.15, 0.2) is 0 Å². The van der Waals surface area contributed by atoms with Gasteiger partial charge in [0, 0.05) is 21.4 Å². The molecule has 0 spiro atoms. The lowest BCUT2D eigenvalue weighted by Gasteiger charge is -2.13. The second-order valence-corrected chi connectivity index (χ2v) is 12.3. The van der Waals surface area contributed by atoms with Gasteiger partial charge in [0.05, 0.1) is 15.5 Å². The standard InChI is InChI=1S/C26H22BrN3O5S2/c1-18-7-8-19(17-25(18)30-37(34,35)23-5-3-2-4-6-23)26(31)28-21-13-15-24(16-14-21)36(32,33)29-22-11-9-20(27)10-12-22/h2-17,29-30H,1H3,(H,28,31). The van der Waals surface area contributed by atoms with Crippen molar-refractivity contribution in [3.63, 3.8) is 0 Å². The zero-order valence-corrected chi connectivity index (χ0v) is 22.7. The van der Waals surface area contributed by atoms with Crippen LogP contribution in [0.5, 0.6) is 0 Å². The number of nitrogens with one attached hydrogen (secondary N) is 3. The second-order valence-electron chi connectivity index (χ2n) is 8.04. The average molecular weight is 601 g/mol. The lowest BCUT2D eigenvalue weighted by molar-refractivity contribution is 0.102. The molecule has 3 N–H and O–H groups in total. The van der Waals surface area contributed by atoms with Crippen molar-refractivity contribution < 1.29 is 21.6 Å². The predicted molar refractivity (Wildman–Crippen MR) is 148 cm³/mol. The predicted octanol–water partition coefficient (Wildman–Crippen LogP) is 5.61. The Bertz CT molecular complexity index is 1640. The largest absolute Gasteiger partial charge is 0.322 e. The molecule has 0 fully saturated rings. The van der Waals surface area contributed by atoms with Crippen molar-refractivity contribution >= 4 is 58.9 Å². The van der Waals surface area contributed by atoms with Crippen LogP contribution in [0.3, 0.4) is 0 Å². The Kier molecular flexibility index (Phi) is 7.67. The molecule has 0 heterocycles. The smallest absolute Gasteiger partial charge is 0.261 e. The molecule has 0 aliphatic rings. The summed E-state index contributed by atoms with van der Waals surface area (Å²) in [4.78, 5) is 13.0. The van der Waals surface area contributed by atoms with Gasteiger partial charge in [0.2, 0.25) is 0 Å². The van der Waals surface area contributed by atoms with E-state index in [0.717, 1.165) is 4.47 Å². The van der Waals surface area contributed by atoms with Gasteiger partial charge in [-0.15, -0.1) is 0 Å². The number of hydrogen-bond donors (Lipinski definition) is 3. The lowest BCUT2D eigenvalue weighted by Crippen LogP contribution is -2.16. The summed E-state index contributed by atoms with van der Waals surface area (Å²) < 4.78 is 56.6. The maximum absolute atomic E-state index is 12.8. The van der Waals surface area contributed by atoms with Gasteiger partial charge in [0.25, 0.3) is 26.0 Å². The van der Waals surface area contributed by atoms with Gasteiger partial charge >= 0.3 is 0 Å². The third-order valence-corrected chi connectivity index (χ3v) is 8.62. The van der Waals surface area contributed by atoms with Crippen molar-refractivity contribution in [2.75, 3.05) is 14.8 Å². The van der Waals surface area contributed by atoms with E-state index in [0.29, 0.717) is 16.9 Å².